The van der Waals surface area contributed by atoms with Crippen LogP contribution in [0.1, 0.15) is 16.8 Å². The van der Waals surface area contributed by atoms with Crippen LogP contribution in [0.2, 0.25) is 0 Å². The SMILES string of the molecule is COc1ccc(C(=O)N2CCCNCC2)cc1F. The number of nitrogens with one attached hydrogen (secondary N) is 1. The van der Waals surface area contributed by atoms with E-state index in [4.69, 9.17) is 4.74 Å². The van der Waals surface area contributed by atoms with Crippen LogP contribution < -0.4 is 10.1 Å². The van der Waals surface area contributed by atoms with E-state index in [1.165, 1.54) is 19.2 Å². The number of hydrogen-bond donors (Lipinski definition) is 1. The molecule has 0 radical (unpaired) electrons. The highest BCUT2D eigenvalue weighted by molar-refractivity contribution is 5.94. The van der Waals surface area contributed by atoms with Crippen LogP contribution in [-0.2, 0) is 0 Å². The molecule has 0 aromatic heterocycles. The minimum Gasteiger partial charge on any atom is -0.494 e. The van der Waals surface area contributed by atoms with Crippen LogP contribution in [0, 0.1) is 5.82 Å². The maximum Gasteiger partial charge on any atom is 0.254 e. The van der Waals surface area contributed by atoms with Gasteiger partial charge in [0.2, 0.25) is 0 Å². The molecule has 1 aliphatic rings. The van der Waals surface area contributed by atoms with Crippen LogP contribution in [0.25, 0.3) is 0 Å². The Labute approximate surface area is 106 Å². The molecular weight excluding hydrogens is 235 g/mol. The van der Waals surface area contributed by atoms with E-state index in [2.05, 4.69) is 5.32 Å². The summed E-state index contributed by atoms with van der Waals surface area (Å²) in [7, 11) is 1.40. The summed E-state index contributed by atoms with van der Waals surface area (Å²) in [6, 6.07) is 4.32. The van der Waals surface area contributed by atoms with Crippen molar-refractivity contribution in [2.24, 2.45) is 0 Å². The lowest BCUT2D eigenvalue weighted by atomic mass is 10.1. The topological polar surface area (TPSA) is 41.6 Å². The Morgan fingerprint density at radius 3 is 2.94 bits per heavy atom. The van der Waals surface area contributed by atoms with Gasteiger partial charge in [0.05, 0.1) is 7.11 Å². The molecule has 1 saturated heterocycles. The standard InChI is InChI=1S/C13H17FN2O2/c1-18-12-4-3-10(9-11(12)14)13(17)16-7-2-5-15-6-8-16/h3-4,9,15H,2,5-8H2,1H3. The van der Waals surface area contributed by atoms with Crippen molar-refractivity contribution in [2.75, 3.05) is 33.3 Å². The van der Waals surface area contributed by atoms with Crippen LogP contribution in [0.3, 0.4) is 0 Å². The number of carbonyl (C=O) groups is 1. The van der Waals surface area contributed by atoms with E-state index in [1.807, 2.05) is 0 Å². The summed E-state index contributed by atoms with van der Waals surface area (Å²) in [5.74, 6) is -0.472. The molecule has 0 spiro atoms. The Morgan fingerprint density at radius 2 is 2.22 bits per heavy atom. The van der Waals surface area contributed by atoms with Crippen molar-refractivity contribution >= 4 is 5.91 Å². The number of benzene rings is 1. The number of nitrogens with zero attached hydrogens (tertiary/aromatic N) is 1. The fraction of sp³-hybridized carbons (Fsp3) is 0.462. The van der Waals surface area contributed by atoms with Crippen LogP contribution in [0.5, 0.6) is 5.75 Å². The maximum atomic E-state index is 13.6. The van der Waals surface area contributed by atoms with Gasteiger partial charge in [0.1, 0.15) is 0 Å². The molecular formula is C13H17FN2O2. The second-order valence-electron chi connectivity index (χ2n) is 4.25. The van der Waals surface area contributed by atoms with E-state index in [-0.39, 0.29) is 11.7 Å². The number of halogens is 1. The van der Waals surface area contributed by atoms with Gasteiger partial charge in [-0.25, -0.2) is 4.39 Å². The zero-order chi connectivity index (χ0) is 13.0. The van der Waals surface area contributed by atoms with Crippen molar-refractivity contribution < 1.29 is 13.9 Å². The third kappa shape index (κ3) is 2.79. The normalized spacial score (nSPS) is 16.2. The van der Waals surface area contributed by atoms with E-state index in [0.717, 1.165) is 19.5 Å². The molecule has 0 saturated carbocycles. The first-order valence-electron chi connectivity index (χ1n) is 6.06. The Morgan fingerprint density at radius 1 is 1.39 bits per heavy atom. The predicted molar refractivity (Wildman–Crippen MR) is 66.3 cm³/mol. The predicted octanol–water partition coefficient (Wildman–Crippen LogP) is 1.27. The number of rotatable bonds is 2. The molecule has 5 heteroatoms. The fourth-order valence-corrected chi connectivity index (χ4v) is 2.03. The zero-order valence-electron chi connectivity index (χ0n) is 10.4. The molecule has 18 heavy (non-hydrogen) atoms. The summed E-state index contributed by atoms with van der Waals surface area (Å²) in [5, 5.41) is 3.23. The highest BCUT2D eigenvalue weighted by Gasteiger charge is 2.18. The van der Waals surface area contributed by atoms with Crippen molar-refractivity contribution in [1.82, 2.24) is 10.2 Å². The summed E-state index contributed by atoms with van der Waals surface area (Å²) in [4.78, 5) is 13.9. The average molecular weight is 252 g/mol. The number of amides is 1. The van der Waals surface area contributed by atoms with Gasteiger partial charge in [0.25, 0.3) is 5.91 Å². The molecule has 1 fully saturated rings. The first-order chi connectivity index (χ1) is 8.72. The lowest BCUT2D eigenvalue weighted by Gasteiger charge is -2.20. The van der Waals surface area contributed by atoms with E-state index in [1.54, 1.807) is 11.0 Å². The van der Waals surface area contributed by atoms with E-state index in [9.17, 15) is 9.18 Å². The monoisotopic (exact) mass is 252 g/mol. The Hall–Kier alpha value is -1.62. The van der Waals surface area contributed by atoms with Crippen molar-refractivity contribution in [3.63, 3.8) is 0 Å². The second kappa shape index (κ2) is 5.82. The third-order valence-electron chi connectivity index (χ3n) is 3.03. The lowest BCUT2D eigenvalue weighted by Crippen LogP contribution is -2.34. The van der Waals surface area contributed by atoms with E-state index < -0.39 is 5.82 Å². The maximum absolute atomic E-state index is 13.6. The van der Waals surface area contributed by atoms with Gasteiger partial charge in [-0.15, -0.1) is 0 Å². The van der Waals surface area contributed by atoms with Crippen LogP contribution >= 0.6 is 0 Å². The molecule has 0 bridgehead atoms. The molecule has 0 unspecified atom stereocenters. The highest BCUT2D eigenvalue weighted by atomic mass is 19.1. The van der Waals surface area contributed by atoms with Gasteiger partial charge in [0, 0.05) is 25.2 Å². The van der Waals surface area contributed by atoms with Crippen molar-refractivity contribution in [1.29, 1.82) is 0 Å². The van der Waals surface area contributed by atoms with Crippen molar-refractivity contribution in [3.8, 4) is 5.75 Å². The second-order valence-corrected chi connectivity index (χ2v) is 4.25. The lowest BCUT2D eigenvalue weighted by molar-refractivity contribution is 0.0766. The molecule has 98 valence electrons. The molecule has 4 nitrogen and oxygen atoms in total. The van der Waals surface area contributed by atoms with Crippen LogP contribution in [0.4, 0.5) is 4.39 Å². The molecule has 1 aliphatic heterocycles. The minimum absolute atomic E-state index is 0.125. The molecule has 1 heterocycles. The molecule has 1 aromatic rings. The molecule has 0 aliphatic carbocycles. The highest BCUT2D eigenvalue weighted by Crippen LogP contribution is 2.18. The summed E-state index contributed by atoms with van der Waals surface area (Å²) in [6.45, 7) is 3.07. The Balaban J connectivity index is 2.14. The van der Waals surface area contributed by atoms with Gasteiger partial charge in [-0.05, 0) is 31.2 Å². The Bertz CT molecular complexity index is 429. The van der Waals surface area contributed by atoms with Gasteiger partial charge in [-0.1, -0.05) is 0 Å². The van der Waals surface area contributed by atoms with Gasteiger partial charge >= 0.3 is 0 Å². The summed E-state index contributed by atoms with van der Waals surface area (Å²) >= 11 is 0. The van der Waals surface area contributed by atoms with Crippen molar-refractivity contribution in [3.05, 3.63) is 29.6 Å². The molecule has 1 amide bonds. The number of ether oxygens (including phenoxy) is 1. The number of carbonyl (C=O) groups excluding carboxylic acids is 1. The first-order valence-corrected chi connectivity index (χ1v) is 6.06. The molecule has 0 atom stereocenters. The smallest absolute Gasteiger partial charge is 0.254 e. The summed E-state index contributed by atoms with van der Waals surface area (Å²) in [6.07, 6.45) is 0.921. The summed E-state index contributed by atoms with van der Waals surface area (Å²) in [5.41, 5.74) is 0.371. The van der Waals surface area contributed by atoms with Crippen molar-refractivity contribution in [2.45, 2.75) is 6.42 Å². The van der Waals surface area contributed by atoms with E-state index >= 15 is 0 Å². The van der Waals surface area contributed by atoms with Crippen LogP contribution in [-0.4, -0.2) is 44.1 Å². The molecule has 2 rings (SSSR count). The number of hydrogen-bond acceptors (Lipinski definition) is 3. The largest absolute Gasteiger partial charge is 0.494 e. The fourth-order valence-electron chi connectivity index (χ4n) is 2.03. The average Bonchev–Trinajstić information content (AvgIpc) is 2.66. The van der Waals surface area contributed by atoms with Gasteiger partial charge in [-0.3, -0.25) is 4.79 Å². The first kappa shape index (κ1) is 12.8. The molecule has 1 aromatic carbocycles. The zero-order valence-corrected chi connectivity index (χ0v) is 10.4. The van der Waals surface area contributed by atoms with Crippen LogP contribution in [0.15, 0.2) is 18.2 Å². The van der Waals surface area contributed by atoms with E-state index in [0.29, 0.717) is 18.7 Å². The quantitative estimate of drug-likeness (QED) is 0.862. The van der Waals surface area contributed by atoms with Gasteiger partial charge in [0.15, 0.2) is 11.6 Å². The minimum atomic E-state index is -0.503. The van der Waals surface area contributed by atoms with Gasteiger partial charge in [-0.2, -0.15) is 0 Å². The van der Waals surface area contributed by atoms with Gasteiger partial charge < -0.3 is 15.0 Å². The summed E-state index contributed by atoms with van der Waals surface area (Å²) < 4.78 is 18.4. The number of methoxy groups -OCH3 is 1. The third-order valence-corrected chi connectivity index (χ3v) is 3.03. The molecule has 1 N–H and O–H groups in total. The Kier molecular flexibility index (Phi) is 4.15.